The molecule has 0 amide bonds. The van der Waals surface area contributed by atoms with Crippen molar-refractivity contribution >= 4 is 19.0 Å². The van der Waals surface area contributed by atoms with E-state index >= 15 is 0 Å². The maximum absolute atomic E-state index is 11.4. The minimum absolute atomic E-state index is 0.403. The molecule has 0 fully saturated rings. The third-order valence-electron chi connectivity index (χ3n) is 1.34. The molecular formula is C6H10ClO2P. The average molecular weight is 181 g/mol. The Kier molecular flexibility index (Phi) is 2.96. The number of hydrogen-bond donors (Lipinski definition) is 0. The van der Waals surface area contributed by atoms with Gasteiger partial charge in [0.2, 0.25) is 7.37 Å². The second-order valence-electron chi connectivity index (χ2n) is 2.17. The Morgan fingerprint density at radius 1 is 1.50 bits per heavy atom. The van der Waals surface area contributed by atoms with Gasteiger partial charge in [-0.25, -0.2) is 0 Å². The van der Waals surface area contributed by atoms with Gasteiger partial charge in [0, 0.05) is 18.2 Å². The van der Waals surface area contributed by atoms with Crippen LogP contribution >= 0.6 is 19.0 Å². The van der Waals surface area contributed by atoms with Crippen LogP contribution in [0.3, 0.4) is 0 Å². The van der Waals surface area contributed by atoms with Crippen molar-refractivity contribution in [3.63, 3.8) is 0 Å². The Hall–Kier alpha value is 0.220. The van der Waals surface area contributed by atoms with Gasteiger partial charge in [-0.15, -0.1) is 11.6 Å². The van der Waals surface area contributed by atoms with Gasteiger partial charge in [-0.05, 0) is 0 Å². The van der Waals surface area contributed by atoms with Crippen molar-refractivity contribution in [3.05, 3.63) is 12.2 Å². The van der Waals surface area contributed by atoms with Crippen LogP contribution in [0.15, 0.2) is 12.2 Å². The van der Waals surface area contributed by atoms with Crippen molar-refractivity contribution in [2.75, 3.05) is 24.8 Å². The molecular weight excluding hydrogens is 170 g/mol. The fraction of sp³-hybridized carbons (Fsp3) is 0.667. The summed E-state index contributed by atoms with van der Waals surface area (Å²) >= 11 is 5.38. The predicted octanol–water partition coefficient (Wildman–Crippen LogP) is 2.09. The first-order chi connectivity index (χ1) is 4.77. The maximum atomic E-state index is 11.4. The van der Waals surface area contributed by atoms with Crippen LogP contribution in [0.25, 0.3) is 0 Å². The quantitative estimate of drug-likeness (QED) is 0.378. The molecule has 1 rings (SSSR count). The van der Waals surface area contributed by atoms with E-state index in [1.807, 2.05) is 12.2 Å². The molecule has 0 N–H and O–H groups in total. The molecule has 0 unspecified atom stereocenters. The lowest BCUT2D eigenvalue weighted by molar-refractivity contribution is 0.340. The summed E-state index contributed by atoms with van der Waals surface area (Å²) in [5.74, 6) is 0.421. The number of alkyl halides is 1. The molecule has 0 radical (unpaired) electrons. The van der Waals surface area contributed by atoms with E-state index in [2.05, 4.69) is 0 Å². The molecule has 0 atom stereocenters. The van der Waals surface area contributed by atoms with Crippen LogP contribution in [0.2, 0.25) is 0 Å². The van der Waals surface area contributed by atoms with Gasteiger partial charge in [-0.1, -0.05) is 12.2 Å². The molecule has 1 heterocycles. The minimum Gasteiger partial charge on any atom is -0.327 e. The molecule has 0 aromatic rings. The summed E-state index contributed by atoms with van der Waals surface area (Å²) in [5, 5.41) is 0. The fourth-order valence-electron chi connectivity index (χ4n) is 0.851. The summed E-state index contributed by atoms with van der Waals surface area (Å²) in [6.45, 7) is 0.403. The highest BCUT2D eigenvalue weighted by Crippen LogP contribution is 2.49. The molecule has 2 nitrogen and oxygen atoms in total. The summed E-state index contributed by atoms with van der Waals surface area (Å²) in [5.41, 5.74) is 0. The highest BCUT2D eigenvalue weighted by atomic mass is 35.5. The molecule has 0 aromatic carbocycles. The third kappa shape index (κ3) is 2.12. The first-order valence-electron chi connectivity index (χ1n) is 3.20. The smallest absolute Gasteiger partial charge is 0.210 e. The second-order valence-corrected chi connectivity index (χ2v) is 5.17. The Balaban J connectivity index is 2.32. The van der Waals surface area contributed by atoms with Crippen molar-refractivity contribution in [2.45, 2.75) is 0 Å². The van der Waals surface area contributed by atoms with E-state index in [4.69, 9.17) is 16.1 Å². The van der Waals surface area contributed by atoms with Gasteiger partial charge in [-0.3, -0.25) is 4.57 Å². The molecule has 0 spiro atoms. The van der Waals surface area contributed by atoms with Crippen molar-refractivity contribution in [3.8, 4) is 0 Å². The van der Waals surface area contributed by atoms with Crippen LogP contribution in [0.4, 0.5) is 0 Å². The predicted molar refractivity (Wildman–Crippen MR) is 43.2 cm³/mol. The van der Waals surface area contributed by atoms with E-state index < -0.39 is 7.37 Å². The van der Waals surface area contributed by atoms with Gasteiger partial charge in [0.05, 0.1) is 6.61 Å². The summed E-state index contributed by atoms with van der Waals surface area (Å²) in [4.78, 5) is 0. The molecule has 0 saturated heterocycles. The molecule has 1 aliphatic rings. The SMILES string of the molecule is O=P1(OCCCl)CC=CC1. The van der Waals surface area contributed by atoms with E-state index in [-0.39, 0.29) is 0 Å². The molecule has 1 aliphatic heterocycles. The number of hydrogen-bond acceptors (Lipinski definition) is 2. The van der Waals surface area contributed by atoms with E-state index in [0.29, 0.717) is 24.8 Å². The molecule has 58 valence electrons. The highest BCUT2D eigenvalue weighted by Gasteiger charge is 2.23. The average Bonchev–Trinajstić information content (AvgIpc) is 2.33. The first-order valence-corrected chi connectivity index (χ1v) is 5.73. The van der Waals surface area contributed by atoms with E-state index in [1.54, 1.807) is 0 Å². The molecule has 0 bridgehead atoms. The van der Waals surface area contributed by atoms with Crippen molar-refractivity contribution in [1.29, 1.82) is 0 Å². The normalized spacial score (nSPS) is 21.7. The summed E-state index contributed by atoms with van der Waals surface area (Å²) in [6.07, 6.45) is 4.97. The molecule has 4 heteroatoms. The minimum atomic E-state index is -2.28. The van der Waals surface area contributed by atoms with E-state index in [0.717, 1.165) is 0 Å². The van der Waals surface area contributed by atoms with Gasteiger partial charge in [0.15, 0.2) is 0 Å². The van der Waals surface area contributed by atoms with Crippen LogP contribution < -0.4 is 0 Å². The van der Waals surface area contributed by atoms with Gasteiger partial charge in [-0.2, -0.15) is 0 Å². The zero-order valence-corrected chi connectivity index (χ0v) is 7.28. The molecule has 0 aromatic heterocycles. The summed E-state index contributed by atoms with van der Waals surface area (Å²) in [7, 11) is -2.28. The van der Waals surface area contributed by atoms with Crippen LogP contribution in [0, 0.1) is 0 Å². The standard InChI is InChI=1S/C6H10ClO2P/c7-3-4-9-10(8)5-1-2-6-10/h1-2H,3-6H2. The second kappa shape index (κ2) is 3.56. The Morgan fingerprint density at radius 3 is 2.60 bits per heavy atom. The summed E-state index contributed by atoms with van der Waals surface area (Å²) < 4.78 is 16.5. The fourth-order valence-corrected chi connectivity index (χ4v) is 2.76. The third-order valence-corrected chi connectivity index (χ3v) is 3.68. The molecule has 0 saturated carbocycles. The van der Waals surface area contributed by atoms with E-state index in [9.17, 15) is 4.57 Å². The zero-order chi connectivity index (χ0) is 7.45. The van der Waals surface area contributed by atoms with Crippen LogP contribution in [0.5, 0.6) is 0 Å². The number of rotatable bonds is 3. The Morgan fingerprint density at radius 2 is 2.10 bits per heavy atom. The lowest BCUT2D eigenvalue weighted by Gasteiger charge is -2.09. The highest BCUT2D eigenvalue weighted by molar-refractivity contribution is 7.59. The topological polar surface area (TPSA) is 26.3 Å². The van der Waals surface area contributed by atoms with Crippen molar-refractivity contribution < 1.29 is 9.09 Å². The Labute approximate surface area is 65.7 Å². The number of halogens is 1. The number of allylic oxidation sites excluding steroid dienone is 2. The largest absolute Gasteiger partial charge is 0.327 e. The lowest BCUT2D eigenvalue weighted by Crippen LogP contribution is -1.95. The van der Waals surface area contributed by atoms with Crippen LogP contribution in [-0.4, -0.2) is 24.8 Å². The van der Waals surface area contributed by atoms with Crippen LogP contribution in [0.1, 0.15) is 0 Å². The van der Waals surface area contributed by atoms with Gasteiger partial charge < -0.3 is 4.52 Å². The lowest BCUT2D eigenvalue weighted by atomic mass is 10.6. The maximum Gasteiger partial charge on any atom is 0.210 e. The van der Waals surface area contributed by atoms with Crippen LogP contribution in [-0.2, 0) is 9.09 Å². The Bertz CT molecular complexity index is 167. The zero-order valence-electron chi connectivity index (χ0n) is 5.62. The van der Waals surface area contributed by atoms with Gasteiger partial charge in [0.1, 0.15) is 0 Å². The van der Waals surface area contributed by atoms with Crippen molar-refractivity contribution in [2.24, 2.45) is 0 Å². The van der Waals surface area contributed by atoms with Gasteiger partial charge in [0.25, 0.3) is 0 Å². The summed E-state index contributed by atoms with van der Waals surface area (Å²) in [6, 6.07) is 0. The van der Waals surface area contributed by atoms with Gasteiger partial charge >= 0.3 is 0 Å². The molecule has 10 heavy (non-hydrogen) atoms. The first kappa shape index (κ1) is 8.32. The van der Waals surface area contributed by atoms with E-state index in [1.165, 1.54) is 0 Å². The monoisotopic (exact) mass is 180 g/mol. The molecule has 0 aliphatic carbocycles. The van der Waals surface area contributed by atoms with Crippen molar-refractivity contribution in [1.82, 2.24) is 0 Å².